The van der Waals surface area contributed by atoms with Gasteiger partial charge < -0.3 is 15.4 Å². The van der Waals surface area contributed by atoms with Gasteiger partial charge in [-0.25, -0.2) is 0 Å². The summed E-state index contributed by atoms with van der Waals surface area (Å²) in [6.45, 7) is 6.20. The SMILES string of the molecule is CNC1(Oc2cc(NC(=O)c3cccc(C(C)C)c3)ccc2C)NC=CC=C1c1ccncc1. The maximum Gasteiger partial charge on any atom is 0.265 e. The number of aromatic nitrogens is 1. The van der Waals surface area contributed by atoms with E-state index in [9.17, 15) is 4.79 Å². The molecule has 0 aliphatic carbocycles. The van der Waals surface area contributed by atoms with Crippen LogP contribution in [0.3, 0.4) is 0 Å². The maximum atomic E-state index is 12.9. The number of rotatable bonds is 7. The van der Waals surface area contributed by atoms with Crippen molar-refractivity contribution in [2.45, 2.75) is 32.5 Å². The molecular formula is C28H30N4O2. The Balaban J connectivity index is 1.61. The normalized spacial score (nSPS) is 17.1. The van der Waals surface area contributed by atoms with Crippen LogP contribution in [0.4, 0.5) is 5.69 Å². The van der Waals surface area contributed by atoms with Gasteiger partial charge >= 0.3 is 0 Å². The number of hydrogen-bond acceptors (Lipinski definition) is 5. The molecule has 1 aliphatic rings. The second-order valence-corrected chi connectivity index (χ2v) is 8.57. The number of likely N-dealkylation sites (N-methyl/N-ethyl adjacent to an activating group) is 1. The number of anilines is 1. The zero-order valence-electron chi connectivity index (χ0n) is 19.9. The van der Waals surface area contributed by atoms with E-state index >= 15 is 0 Å². The van der Waals surface area contributed by atoms with Crippen molar-refractivity contribution in [3.8, 4) is 5.75 Å². The first-order chi connectivity index (χ1) is 16.4. The van der Waals surface area contributed by atoms with Gasteiger partial charge in [0.15, 0.2) is 0 Å². The summed E-state index contributed by atoms with van der Waals surface area (Å²) in [5.74, 6) is -0.151. The largest absolute Gasteiger partial charge is 0.450 e. The molecule has 1 amide bonds. The Morgan fingerprint density at radius 3 is 2.62 bits per heavy atom. The molecule has 0 saturated carbocycles. The molecule has 3 aromatic rings. The summed E-state index contributed by atoms with van der Waals surface area (Å²) in [7, 11) is 1.84. The first-order valence-electron chi connectivity index (χ1n) is 11.4. The Kier molecular flexibility index (Phi) is 6.80. The highest BCUT2D eigenvalue weighted by Crippen LogP contribution is 2.33. The Morgan fingerprint density at radius 2 is 1.88 bits per heavy atom. The molecule has 0 radical (unpaired) electrons. The first kappa shape index (κ1) is 23.3. The van der Waals surface area contributed by atoms with Crippen LogP contribution in [0.1, 0.15) is 46.8 Å². The molecule has 2 aromatic carbocycles. The fraction of sp³-hybridized carbons (Fsp3) is 0.214. The number of allylic oxidation sites excluding steroid dienone is 2. The second-order valence-electron chi connectivity index (χ2n) is 8.57. The van der Waals surface area contributed by atoms with E-state index < -0.39 is 5.85 Å². The number of carbonyl (C=O) groups is 1. The summed E-state index contributed by atoms with van der Waals surface area (Å²) in [5, 5.41) is 9.61. The van der Waals surface area contributed by atoms with Gasteiger partial charge in [0.1, 0.15) is 5.75 Å². The maximum absolute atomic E-state index is 12.9. The van der Waals surface area contributed by atoms with Gasteiger partial charge in [0.25, 0.3) is 11.8 Å². The van der Waals surface area contributed by atoms with E-state index in [0.717, 1.165) is 22.3 Å². The zero-order valence-corrected chi connectivity index (χ0v) is 19.9. The monoisotopic (exact) mass is 454 g/mol. The summed E-state index contributed by atoms with van der Waals surface area (Å²) < 4.78 is 6.55. The zero-order chi connectivity index (χ0) is 24.1. The third-order valence-corrected chi connectivity index (χ3v) is 5.89. The van der Waals surface area contributed by atoms with Crippen molar-refractivity contribution in [2.24, 2.45) is 0 Å². The number of amides is 1. The summed E-state index contributed by atoms with van der Waals surface area (Å²) in [6.07, 6.45) is 9.29. The molecule has 174 valence electrons. The van der Waals surface area contributed by atoms with Gasteiger partial charge in [-0.3, -0.25) is 15.1 Å². The fourth-order valence-electron chi connectivity index (χ4n) is 3.87. The van der Waals surface area contributed by atoms with Crippen LogP contribution < -0.4 is 20.7 Å². The molecule has 1 aromatic heterocycles. The lowest BCUT2D eigenvalue weighted by Crippen LogP contribution is -2.59. The fourth-order valence-corrected chi connectivity index (χ4v) is 3.87. The highest BCUT2D eigenvalue weighted by Gasteiger charge is 2.37. The molecule has 0 bridgehead atoms. The Morgan fingerprint density at radius 1 is 1.09 bits per heavy atom. The molecular weight excluding hydrogens is 424 g/mol. The Bertz CT molecular complexity index is 1230. The standard InChI is InChI=1S/C28H30N4O2/c1-19(2)22-7-5-8-23(17-22)27(33)32-24-11-10-20(3)26(18-24)34-28(29-4)25(9-6-14-31-28)21-12-15-30-16-13-21/h5-19,29,31H,1-4H3,(H,32,33). The second kappa shape index (κ2) is 9.93. The van der Waals surface area contributed by atoms with Crippen molar-refractivity contribution in [1.29, 1.82) is 0 Å². The minimum atomic E-state index is -0.991. The summed E-state index contributed by atoms with van der Waals surface area (Å²) >= 11 is 0. The van der Waals surface area contributed by atoms with E-state index in [1.54, 1.807) is 12.4 Å². The van der Waals surface area contributed by atoms with Crippen molar-refractivity contribution in [1.82, 2.24) is 15.6 Å². The van der Waals surface area contributed by atoms with Gasteiger partial charge in [-0.1, -0.05) is 32.0 Å². The Hall–Kier alpha value is -3.90. The van der Waals surface area contributed by atoms with E-state index in [-0.39, 0.29) is 5.91 Å². The number of carbonyl (C=O) groups excluding carboxylic acids is 1. The van der Waals surface area contributed by atoms with Gasteiger partial charge in [-0.05, 0) is 79.1 Å². The molecule has 1 unspecified atom stereocenters. The van der Waals surface area contributed by atoms with Crippen LogP contribution in [-0.4, -0.2) is 23.8 Å². The summed E-state index contributed by atoms with van der Waals surface area (Å²) in [5.41, 5.74) is 5.26. The highest BCUT2D eigenvalue weighted by atomic mass is 16.5. The quantitative estimate of drug-likeness (QED) is 0.427. The van der Waals surface area contributed by atoms with E-state index in [0.29, 0.717) is 22.9 Å². The van der Waals surface area contributed by atoms with Gasteiger partial charge in [0.05, 0.1) is 0 Å². The van der Waals surface area contributed by atoms with Crippen molar-refractivity contribution >= 4 is 17.2 Å². The van der Waals surface area contributed by atoms with Crippen LogP contribution in [0, 0.1) is 6.92 Å². The number of benzene rings is 2. The lowest BCUT2D eigenvalue weighted by molar-refractivity contribution is 0.0779. The molecule has 3 N–H and O–H groups in total. The molecule has 4 rings (SSSR count). The van der Waals surface area contributed by atoms with Crippen LogP contribution in [0.2, 0.25) is 0 Å². The Labute approximate surface area is 200 Å². The minimum Gasteiger partial charge on any atom is -0.450 e. The average molecular weight is 455 g/mol. The smallest absolute Gasteiger partial charge is 0.265 e. The lowest BCUT2D eigenvalue weighted by Gasteiger charge is -2.38. The number of nitrogens with one attached hydrogen (secondary N) is 3. The van der Waals surface area contributed by atoms with E-state index in [4.69, 9.17) is 4.74 Å². The van der Waals surface area contributed by atoms with Gasteiger partial charge in [-0.2, -0.15) is 0 Å². The molecule has 1 aliphatic heterocycles. The molecule has 1 atom stereocenters. The highest BCUT2D eigenvalue weighted by molar-refractivity contribution is 6.04. The van der Waals surface area contributed by atoms with Crippen molar-refractivity contribution in [3.63, 3.8) is 0 Å². The number of nitrogens with zero attached hydrogens (tertiary/aromatic N) is 1. The average Bonchev–Trinajstić information content (AvgIpc) is 2.87. The molecule has 34 heavy (non-hydrogen) atoms. The lowest BCUT2D eigenvalue weighted by atomic mass is 9.99. The third-order valence-electron chi connectivity index (χ3n) is 5.89. The number of pyridine rings is 1. The molecule has 0 fully saturated rings. The molecule has 0 saturated heterocycles. The summed E-state index contributed by atoms with van der Waals surface area (Å²) in [6, 6.07) is 17.3. The minimum absolute atomic E-state index is 0.156. The topological polar surface area (TPSA) is 75.3 Å². The number of aryl methyl sites for hydroxylation is 1. The number of ether oxygens (including phenoxy) is 1. The molecule has 2 heterocycles. The van der Waals surface area contributed by atoms with Crippen LogP contribution in [-0.2, 0) is 0 Å². The van der Waals surface area contributed by atoms with Crippen LogP contribution in [0.25, 0.3) is 5.57 Å². The third kappa shape index (κ3) is 4.87. The van der Waals surface area contributed by atoms with Gasteiger partial charge in [0, 0.05) is 41.5 Å². The molecule has 0 spiro atoms. The predicted molar refractivity (Wildman–Crippen MR) is 137 cm³/mol. The molecule has 6 heteroatoms. The van der Waals surface area contributed by atoms with E-state index in [1.165, 1.54) is 0 Å². The first-order valence-corrected chi connectivity index (χ1v) is 11.4. The number of hydrogen-bond donors (Lipinski definition) is 3. The van der Waals surface area contributed by atoms with Crippen molar-refractivity contribution in [2.75, 3.05) is 12.4 Å². The van der Waals surface area contributed by atoms with Crippen LogP contribution in [0.15, 0.2) is 85.3 Å². The van der Waals surface area contributed by atoms with Crippen LogP contribution >= 0.6 is 0 Å². The van der Waals surface area contributed by atoms with Gasteiger partial charge in [0.2, 0.25) is 0 Å². The molecule has 6 nitrogen and oxygen atoms in total. The van der Waals surface area contributed by atoms with Crippen molar-refractivity contribution in [3.05, 3.63) is 108 Å². The van der Waals surface area contributed by atoms with Crippen molar-refractivity contribution < 1.29 is 9.53 Å². The predicted octanol–water partition coefficient (Wildman–Crippen LogP) is 5.22. The van der Waals surface area contributed by atoms with Gasteiger partial charge in [-0.15, -0.1) is 0 Å². The van der Waals surface area contributed by atoms with E-state index in [2.05, 4.69) is 34.8 Å². The van der Waals surface area contributed by atoms with E-state index in [1.807, 2.05) is 86.9 Å². The summed E-state index contributed by atoms with van der Waals surface area (Å²) in [4.78, 5) is 17.1. The number of dihydropyridines is 1. The van der Waals surface area contributed by atoms with Crippen LogP contribution in [0.5, 0.6) is 5.75 Å².